The summed E-state index contributed by atoms with van der Waals surface area (Å²) >= 11 is 0. The maximum Gasteiger partial charge on any atom is 0.333 e. The van der Waals surface area contributed by atoms with Crippen LogP contribution < -0.4 is 0 Å². The number of ether oxygens (including phenoxy) is 1. The highest BCUT2D eigenvalue weighted by Gasteiger charge is 2.36. The average molecular weight is 216 g/mol. The van der Waals surface area contributed by atoms with Gasteiger partial charge in [0, 0.05) is 0 Å². The topological polar surface area (TPSA) is 46.5 Å². The predicted molar refractivity (Wildman–Crippen MR) is 61.0 cm³/mol. The molecule has 0 aromatic heterocycles. The van der Waals surface area contributed by atoms with Gasteiger partial charge < -0.3 is 9.84 Å². The normalized spacial score (nSPS) is 15.1. The molecule has 0 aromatic rings. The molecular formula is C12H24O3. The molecule has 15 heavy (non-hydrogen) atoms. The largest absolute Gasteiger partial charge is 0.479 e. The number of hydrogen-bond acceptors (Lipinski definition) is 2. The van der Waals surface area contributed by atoms with Crippen LogP contribution in [0, 0.1) is 5.41 Å². The van der Waals surface area contributed by atoms with Crippen molar-refractivity contribution in [1.29, 1.82) is 0 Å². The molecule has 1 N–H and O–H groups in total. The van der Waals surface area contributed by atoms with Crippen LogP contribution in [0.25, 0.3) is 0 Å². The maximum absolute atomic E-state index is 11.1. The number of carboxylic acids is 1. The van der Waals surface area contributed by atoms with E-state index < -0.39 is 12.1 Å². The summed E-state index contributed by atoms with van der Waals surface area (Å²) in [5.74, 6) is -0.883. The van der Waals surface area contributed by atoms with Gasteiger partial charge in [-0.25, -0.2) is 4.79 Å². The summed E-state index contributed by atoms with van der Waals surface area (Å²) in [6.45, 7) is 11.6. The molecule has 90 valence electrons. The molecule has 0 heterocycles. The zero-order valence-electron chi connectivity index (χ0n) is 10.8. The van der Waals surface area contributed by atoms with Gasteiger partial charge in [-0.2, -0.15) is 0 Å². The molecule has 1 unspecified atom stereocenters. The number of hydrogen-bond donors (Lipinski definition) is 1. The second-order valence-electron chi connectivity index (χ2n) is 5.71. The van der Waals surface area contributed by atoms with Crippen molar-refractivity contribution in [2.45, 2.75) is 66.1 Å². The zero-order valence-corrected chi connectivity index (χ0v) is 10.8. The Labute approximate surface area is 92.8 Å². The maximum atomic E-state index is 11.1. The summed E-state index contributed by atoms with van der Waals surface area (Å²) in [6.07, 6.45) is 1.11. The molecule has 3 nitrogen and oxygen atoms in total. The molecule has 1 atom stereocenters. The lowest BCUT2D eigenvalue weighted by Crippen LogP contribution is -2.43. The predicted octanol–water partition coefficient (Wildman–Crippen LogP) is 3.08. The Balaban J connectivity index is 4.63. The minimum Gasteiger partial charge on any atom is -0.479 e. The van der Waals surface area contributed by atoms with Crippen molar-refractivity contribution in [1.82, 2.24) is 0 Å². The molecule has 0 bridgehead atoms. The molecule has 0 spiro atoms. The van der Waals surface area contributed by atoms with E-state index in [-0.39, 0.29) is 11.0 Å². The third-order valence-corrected chi connectivity index (χ3v) is 2.30. The standard InChI is InChI=1S/C12H24O3/c1-7-8-12(5,6)15-9(10(13)14)11(2,3)4/h9H,7-8H2,1-6H3,(H,13,14). The van der Waals surface area contributed by atoms with Crippen LogP contribution in [-0.2, 0) is 9.53 Å². The van der Waals surface area contributed by atoms with Crippen LogP contribution in [0.3, 0.4) is 0 Å². The Hall–Kier alpha value is -0.570. The van der Waals surface area contributed by atoms with E-state index in [2.05, 4.69) is 6.92 Å². The second-order valence-corrected chi connectivity index (χ2v) is 5.71. The molecule has 3 heteroatoms. The molecule has 0 aromatic carbocycles. The van der Waals surface area contributed by atoms with Gasteiger partial charge in [-0.3, -0.25) is 0 Å². The first kappa shape index (κ1) is 14.4. The summed E-state index contributed by atoms with van der Waals surface area (Å²) in [6, 6.07) is 0. The van der Waals surface area contributed by atoms with Gasteiger partial charge in [0.25, 0.3) is 0 Å². The number of aliphatic carboxylic acids is 1. The first-order chi connectivity index (χ1) is 6.60. The van der Waals surface area contributed by atoms with E-state index in [4.69, 9.17) is 9.84 Å². The molecule has 0 saturated heterocycles. The Bertz CT molecular complexity index is 213. The first-order valence-corrected chi connectivity index (χ1v) is 5.51. The van der Waals surface area contributed by atoms with Crippen LogP contribution in [0.5, 0.6) is 0 Å². The number of carbonyl (C=O) groups is 1. The second kappa shape index (κ2) is 4.97. The van der Waals surface area contributed by atoms with Crippen molar-refractivity contribution in [2.75, 3.05) is 0 Å². The SMILES string of the molecule is CCCC(C)(C)OC(C(=O)O)C(C)(C)C. The Morgan fingerprint density at radius 2 is 1.73 bits per heavy atom. The average Bonchev–Trinajstić information content (AvgIpc) is 1.97. The Morgan fingerprint density at radius 3 is 2.00 bits per heavy atom. The lowest BCUT2D eigenvalue weighted by molar-refractivity contribution is -0.174. The lowest BCUT2D eigenvalue weighted by atomic mass is 9.88. The Morgan fingerprint density at radius 1 is 1.27 bits per heavy atom. The summed E-state index contributed by atoms with van der Waals surface area (Å²) in [7, 11) is 0. The highest BCUT2D eigenvalue weighted by Crippen LogP contribution is 2.28. The highest BCUT2D eigenvalue weighted by molar-refractivity contribution is 5.73. The highest BCUT2D eigenvalue weighted by atomic mass is 16.5. The Kier molecular flexibility index (Phi) is 4.78. The van der Waals surface area contributed by atoms with Gasteiger partial charge in [0.2, 0.25) is 0 Å². The van der Waals surface area contributed by atoms with Gasteiger partial charge in [-0.05, 0) is 25.7 Å². The van der Waals surface area contributed by atoms with Crippen LogP contribution in [0.15, 0.2) is 0 Å². The van der Waals surface area contributed by atoms with Crippen molar-refractivity contribution in [3.8, 4) is 0 Å². The van der Waals surface area contributed by atoms with Crippen molar-refractivity contribution < 1.29 is 14.6 Å². The van der Waals surface area contributed by atoms with E-state index in [0.717, 1.165) is 12.8 Å². The van der Waals surface area contributed by atoms with Crippen LogP contribution in [0.2, 0.25) is 0 Å². The van der Waals surface area contributed by atoms with Crippen LogP contribution in [0.1, 0.15) is 54.4 Å². The van der Waals surface area contributed by atoms with E-state index in [9.17, 15) is 4.79 Å². The van der Waals surface area contributed by atoms with E-state index in [0.29, 0.717) is 0 Å². The molecule has 0 amide bonds. The molecule has 0 saturated carbocycles. The summed E-state index contributed by atoms with van der Waals surface area (Å²) in [4.78, 5) is 11.1. The minimum absolute atomic E-state index is 0.370. The molecule has 0 rings (SSSR count). The van der Waals surface area contributed by atoms with Crippen molar-refractivity contribution in [3.63, 3.8) is 0 Å². The van der Waals surface area contributed by atoms with E-state index in [1.165, 1.54) is 0 Å². The minimum atomic E-state index is -0.883. The molecular weight excluding hydrogens is 192 g/mol. The van der Waals surface area contributed by atoms with Gasteiger partial charge >= 0.3 is 5.97 Å². The fourth-order valence-electron chi connectivity index (χ4n) is 1.58. The quantitative estimate of drug-likeness (QED) is 0.768. The van der Waals surface area contributed by atoms with Gasteiger partial charge in [0.1, 0.15) is 0 Å². The first-order valence-electron chi connectivity index (χ1n) is 5.51. The fourth-order valence-corrected chi connectivity index (χ4v) is 1.58. The van der Waals surface area contributed by atoms with Gasteiger partial charge in [0.15, 0.2) is 6.10 Å². The lowest BCUT2D eigenvalue weighted by Gasteiger charge is -2.35. The van der Waals surface area contributed by atoms with Crippen molar-refractivity contribution in [2.24, 2.45) is 5.41 Å². The molecule has 0 aliphatic heterocycles. The molecule has 0 aliphatic carbocycles. The summed E-state index contributed by atoms with van der Waals surface area (Å²) in [5, 5.41) is 9.12. The third kappa shape index (κ3) is 5.17. The van der Waals surface area contributed by atoms with Crippen LogP contribution in [-0.4, -0.2) is 22.8 Å². The van der Waals surface area contributed by atoms with E-state index in [1.807, 2.05) is 34.6 Å². The van der Waals surface area contributed by atoms with E-state index >= 15 is 0 Å². The monoisotopic (exact) mass is 216 g/mol. The van der Waals surface area contributed by atoms with Crippen LogP contribution >= 0.6 is 0 Å². The van der Waals surface area contributed by atoms with Gasteiger partial charge in [0.05, 0.1) is 5.60 Å². The van der Waals surface area contributed by atoms with Crippen molar-refractivity contribution >= 4 is 5.97 Å². The zero-order chi connectivity index (χ0) is 12.3. The summed E-state index contributed by atoms with van der Waals surface area (Å²) < 4.78 is 5.70. The fraction of sp³-hybridized carbons (Fsp3) is 0.917. The van der Waals surface area contributed by atoms with E-state index in [1.54, 1.807) is 0 Å². The summed E-state index contributed by atoms with van der Waals surface area (Å²) in [5.41, 5.74) is -0.748. The number of carboxylic acid groups (broad SMARTS) is 1. The molecule has 0 aliphatic rings. The molecule has 0 fully saturated rings. The van der Waals surface area contributed by atoms with Gasteiger partial charge in [-0.15, -0.1) is 0 Å². The molecule has 0 radical (unpaired) electrons. The third-order valence-electron chi connectivity index (χ3n) is 2.30. The van der Waals surface area contributed by atoms with Crippen LogP contribution in [0.4, 0.5) is 0 Å². The number of rotatable bonds is 5. The smallest absolute Gasteiger partial charge is 0.333 e. The van der Waals surface area contributed by atoms with Crippen molar-refractivity contribution in [3.05, 3.63) is 0 Å². The van der Waals surface area contributed by atoms with Gasteiger partial charge in [-0.1, -0.05) is 34.1 Å².